The summed E-state index contributed by atoms with van der Waals surface area (Å²) in [7, 11) is -3.12. The second-order valence-electron chi connectivity index (χ2n) is 4.22. The minimum Gasteiger partial charge on any atom is -0.384 e. The molecule has 0 spiro atoms. The molecule has 1 aromatic rings. The van der Waals surface area contributed by atoms with Crippen molar-refractivity contribution in [2.75, 3.05) is 17.6 Å². The summed E-state index contributed by atoms with van der Waals surface area (Å²) >= 11 is 0. The summed E-state index contributed by atoms with van der Waals surface area (Å²) < 4.78 is 24.2. The van der Waals surface area contributed by atoms with Gasteiger partial charge in [0.2, 0.25) is 0 Å². The van der Waals surface area contributed by atoms with Crippen LogP contribution >= 0.6 is 0 Å². The first-order valence-electron chi connectivity index (χ1n) is 5.07. The predicted molar refractivity (Wildman–Crippen MR) is 60.9 cm³/mol. The van der Waals surface area contributed by atoms with E-state index in [0.29, 0.717) is 4.90 Å². The fraction of sp³-hybridized carbons (Fsp3) is 0.455. The van der Waals surface area contributed by atoms with E-state index in [1.165, 1.54) is 0 Å². The second-order valence-corrected chi connectivity index (χ2v) is 6.19. The maximum Gasteiger partial charge on any atom is 0.181 e. The standard InChI is InChI=1S/C11H15NO2S/c1-8-6-12-10-5-3-4-9(2)11(10)15(13,14)7-8/h3-5,8,12H,6-7H2,1-2H3. The molecule has 0 aliphatic carbocycles. The number of hydrogen-bond acceptors (Lipinski definition) is 3. The van der Waals surface area contributed by atoms with E-state index in [4.69, 9.17) is 0 Å². The van der Waals surface area contributed by atoms with E-state index in [9.17, 15) is 8.42 Å². The summed E-state index contributed by atoms with van der Waals surface area (Å²) in [5.74, 6) is 0.388. The summed E-state index contributed by atoms with van der Waals surface area (Å²) in [4.78, 5) is 0.481. The average molecular weight is 225 g/mol. The second kappa shape index (κ2) is 3.52. The molecule has 0 amide bonds. The van der Waals surface area contributed by atoms with E-state index < -0.39 is 9.84 Å². The normalized spacial score (nSPS) is 23.7. The Labute approximate surface area is 90.4 Å². The minimum absolute atomic E-state index is 0.154. The maximum absolute atomic E-state index is 12.1. The van der Waals surface area contributed by atoms with Crippen LogP contribution < -0.4 is 5.32 Å². The number of sulfone groups is 1. The summed E-state index contributed by atoms with van der Waals surface area (Å²) in [6.07, 6.45) is 0. The van der Waals surface area contributed by atoms with Crippen molar-refractivity contribution in [3.8, 4) is 0 Å². The molecule has 1 aliphatic rings. The van der Waals surface area contributed by atoms with Crippen molar-refractivity contribution in [2.24, 2.45) is 5.92 Å². The van der Waals surface area contributed by atoms with E-state index in [2.05, 4.69) is 5.32 Å². The summed E-state index contributed by atoms with van der Waals surface area (Å²) in [6.45, 7) is 4.51. The lowest BCUT2D eigenvalue weighted by Gasteiger charge is -2.09. The lowest BCUT2D eigenvalue weighted by molar-refractivity contribution is 0.582. The number of anilines is 1. The third kappa shape index (κ3) is 1.86. The minimum atomic E-state index is -3.12. The predicted octanol–water partition coefficient (Wildman–Crippen LogP) is 1.83. The molecule has 4 heteroatoms. The Kier molecular flexibility index (Phi) is 2.46. The Morgan fingerprint density at radius 3 is 2.87 bits per heavy atom. The number of rotatable bonds is 0. The first-order chi connectivity index (χ1) is 7.00. The first-order valence-corrected chi connectivity index (χ1v) is 6.72. The van der Waals surface area contributed by atoms with E-state index in [1.54, 1.807) is 0 Å². The van der Waals surface area contributed by atoms with Crippen LogP contribution in [-0.2, 0) is 9.84 Å². The van der Waals surface area contributed by atoms with Gasteiger partial charge in [-0.1, -0.05) is 19.1 Å². The molecule has 15 heavy (non-hydrogen) atoms. The zero-order valence-electron chi connectivity index (χ0n) is 8.95. The Bertz CT molecular complexity index is 479. The quantitative estimate of drug-likeness (QED) is 0.732. The fourth-order valence-corrected chi connectivity index (χ4v) is 4.07. The van der Waals surface area contributed by atoms with E-state index in [1.807, 2.05) is 32.0 Å². The van der Waals surface area contributed by atoms with Crippen LogP contribution in [0.4, 0.5) is 5.69 Å². The van der Waals surface area contributed by atoms with Crippen LogP contribution in [0.3, 0.4) is 0 Å². The molecular formula is C11H15NO2S. The van der Waals surface area contributed by atoms with Crippen LogP contribution in [0, 0.1) is 12.8 Å². The first kappa shape index (κ1) is 10.5. The van der Waals surface area contributed by atoms with Crippen LogP contribution in [0.25, 0.3) is 0 Å². The average Bonchev–Trinajstić information content (AvgIpc) is 2.23. The summed E-state index contributed by atoms with van der Waals surface area (Å²) in [5.41, 5.74) is 1.58. The number of aryl methyl sites for hydroxylation is 1. The van der Waals surface area contributed by atoms with Crippen molar-refractivity contribution in [3.63, 3.8) is 0 Å². The van der Waals surface area contributed by atoms with Gasteiger partial charge in [0.25, 0.3) is 0 Å². The molecule has 1 N–H and O–H groups in total. The van der Waals surface area contributed by atoms with Gasteiger partial charge in [0.1, 0.15) is 0 Å². The van der Waals surface area contributed by atoms with E-state index in [0.717, 1.165) is 17.8 Å². The highest BCUT2D eigenvalue weighted by Crippen LogP contribution is 2.29. The molecule has 0 aromatic heterocycles. The van der Waals surface area contributed by atoms with Gasteiger partial charge in [-0.3, -0.25) is 0 Å². The fourth-order valence-electron chi connectivity index (χ4n) is 2.01. The Morgan fingerprint density at radius 2 is 2.13 bits per heavy atom. The van der Waals surface area contributed by atoms with Crippen molar-refractivity contribution in [1.29, 1.82) is 0 Å². The molecule has 0 bridgehead atoms. The summed E-state index contributed by atoms with van der Waals surface area (Å²) in [5, 5.41) is 3.19. The highest BCUT2D eigenvalue weighted by molar-refractivity contribution is 7.91. The third-order valence-corrected chi connectivity index (χ3v) is 4.84. The van der Waals surface area contributed by atoms with Crippen LogP contribution in [0.5, 0.6) is 0 Å². The van der Waals surface area contributed by atoms with Crippen molar-refractivity contribution < 1.29 is 8.42 Å². The zero-order chi connectivity index (χ0) is 11.1. The van der Waals surface area contributed by atoms with Gasteiger partial charge < -0.3 is 5.32 Å². The summed E-state index contributed by atoms with van der Waals surface area (Å²) in [6, 6.07) is 5.55. The maximum atomic E-state index is 12.1. The number of fused-ring (bicyclic) bond motifs is 1. The van der Waals surface area contributed by atoms with Crippen molar-refractivity contribution in [2.45, 2.75) is 18.7 Å². The van der Waals surface area contributed by atoms with Gasteiger partial charge in [0.05, 0.1) is 16.3 Å². The number of nitrogens with one attached hydrogen (secondary N) is 1. The number of benzene rings is 1. The molecule has 0 saturated carbocycles. The molecule has 3 nitrogen and oxygen atoms in total. The van der Waals surface area contributed by atoms with Gasteiger partial charge in [-0.25, -0.2) is 8.42 Å². The molecule has 0 fully saturated rings. The molecule has 1 unspecified atom stereocenters. The van der Waals surface area contributed by atoms with Gasteiger partial charge in [0, 0.05) is 6.54 Å². The molecule has 0 saturated heterocycles. The van der Waals surface area contributed by atoms with Crippen molar-refractivity contribution >= 4 is 15.5 Å². The monoisotopic (exact) mass is 225 g/mol. The van der Waals surface area contributed by atoms with Crippen LogP contribution in [0.1, 0.15) is 12.5 Å². The number of hydrogen-bond donors (Lipinski definition) is 1. The SMILES string of the molecule is Cc1cccc2c1S(=O)(=O)CC(C)CN2. The van der Waals surface area contributed by atoms with Crippen LogP contribution in [0.2, 0.25) is 0 Å². The van der Waals surface area contributed by atoms with E-state index in [-0.39, 0.29) is 11.7 Å². The van der Waals surface area contributed by atoms with Gasteiger partial charge in [-0.05, 0) is 24.5 Å². The van der Waals surface area contributed by atoms with Gasteiger partial charge in [-0.2, -0.15) is 0 Å². The molecule has 0 radical (unpaired) electrons. The molecular weight excluding hydrogens is 210 g/mol. The molecule has 1 aliphatic heterocycles. The van der Waals surface area contributed by atoms with Gasteiger partial charge >= 0.3 is 0 Å². The topological polar surface area (TPSA) is 46.2 Å². The largest absolute Gasteiger partial charge is 0.384 e. The lowest BCUT2D eigenvalue weighted by atomic mass is 10.2. The van der Waals surface area contributed by atoms with Gasteiger partial charge in [0.15, 0.2) is 9.84 Å². The molecule has 82 valence electrons. The molecule has 2 rings (SSSR count). The highest BCUT2D eigenvalue weighted by Gasteiger charge is 2.26. The Hall–Kier alpha value is -1.03. The zero-order valence-corrected chi connectivity index (χ0v) is 9.76. The third-order valence-electron chi connectivity index (χ3n) is 2.67. The molecule has 1 atom stereocenters. The van der Waals surface area contributed by atoms with E-state index >= 15 is 0 Å². The molecule has 1 aromatic carbocycles. The Morgan fingerprint density at radius 1 is 1.40 bits per heavy atom. The smallest absolute Gasteiger partial charge is 0.181 e. The Balaban J connectivity index is 2.65. The van der Waals surface area contributed by atoms with Crippen molar-refractivity contribution in [3.05, 3.63) is 23.8 Å². The highest BCUT2D eigenvalue weighted by atomic mass is 32.2. The molecule has 1 heterocycles. The van der Waals surface area contributed by atoms with Crippen molar-refractivity contribution in [1.82, 2.24) is 0 Å². The van der Waals surface area contributed by atoms with Crippen LogP contribution in [-0.4, -0.2) is 20.7 Å². The van der Waals surface area contributed by atoms with Gasteiger partial charge in [-0.15, -0.1) is 0 Å². The lowest BCUT2D eigenvalue weighted by Crippen LogP contribution is -2.16. The van der Waals surface area contributed by atoms with Crippen LogP contribution in [0.15, 0.2) is 23.1 Å².